The van der Waals surface area contributed by atoms with Gasteiger partial charge in [-0.15, -0.1) is 0 Å². The first kappa shape index (κ1) is 21.3. The van der Waals surface area contributed by atoms with Gasteiger partial charge < -0.3 is 14.6 Å². The highest BCUT2D eigenvalue weighted by Gasteiger charge is 2.51. The van der Waals surface area contributed by atoms with Crippen LogP contribution in [0.15, 0.2) is 30.5 Å². The third kappa shape index (κ3) is 4.27. The molecular weight excluding hydrogens is 402 g/mol. The Hall–Kier alpha value is -1.89. The highest BCUT2D eigenvalue weighted by molar-refractivity contribution is 6.30. The van der Waals surface area contributed by atoms with Gasteiger partial charge in [0.1, 0.15) is 5.60 Å². The van der Waals surface area contributed by atoms with Gasteiger partial charge >= 0.3 is 6.01 Å². The van der Waals surface area contributed by atoms with Gasteiger partial charge in [0.25, 0.3) is 0 Å². The van der Waals surface area contributed by atoms with Crippen LogP contribution >= 0.6 is 11.6 Å². The van der Waals surface area contributed by atoms with Crippen molar-refractivity contribution in [1.82, 2.24) is 14.9 Å². The Balaban J connectivity index is 1.58. The van der Waals surface area contributed by atoms with Crippen molar-refractivity contribution in [3.63, 3.8) is 0 Å². The van der Waals surface area contributed by atoms with Gasteiger partial charge in [-0.3, -0.25) is 4.90 Å². The normalized spacial score (nSPS) is 26.4. The van der Waals surface area contributed by atoms with Crippen LogP contribution in [-0.2, 0) is 12.1 Å². The first-order chi connectivity index (χ1) is 14.5. The minimum Gasteiger partial charge on any atom is -0.478 e. The fourth-order valence-corrected chi connectivity index (χ4v) is 5.14. The molecule has 4 rings (SSSR count). The predicted octanol–water partition coefficient (Wildman–Crippen LogP) is 4.05. The molecular formula is C23H30ClN3O3. The lowest BCUT2D eigenvalue weighted by molar-refractivity contribution is -0.0672. The Morgan fingerprint density at radius 2 is 1.93 bits per heavy atom. The molecule has 2 heterocycles. The second kappa shape index (κ2) is 9.08. The predicted molar refractivity (Wildman–Crippen MR) is 116 cm³/mol. The topological polar surface area (TPSA) is 67.7 Å². The van der Waals surface area contributed by atoms with Gasteiger partial charge in [-0.25, -0.2) is 4.98 Å². The minimum atomic E-state index is -0.993. The Morgan fingerprint density at radius 1 is 1.17 bits per heavy atom. The fourth-order valence-electron chi connectivity index (χ4n) is 5.02. The maximum Gasteiger partial charge on any atom is 0.319 e. The average molecular weight is 432 g/mol. The van der Waals surface area contributed by atoms with Gasteiger partial charge in [-0.1, -0.05) is 23.7 Å². The van der Waals surface area contributed by atoms with E-state index in [2.05, 4.69) is 27.0 Å². The largest absolute Gasteiger partial charge is 0.478 e. The Morgan fingerprint density at radius 3 is 2.67 bits per heavy atom. The maximum absolute atomic E-state index is 11.9. The number of hydrogen-bond acceptors (Lipinski definition) is 6. The molecule has 1 aromatic carbocycles. The van der Waals surface area contributed by atoms with E-state index in [0.29, 0.717) is 37.0 Å². The standard InChI is InChI=1S/C23H30ClN3O3/c1-3-29-21-19(12-25-22(26-21)30-4-2)23(28)11-5-6-17-14-27(15-20(17)23)13-16-7-9-18(24)10-8-16/h7-10,12,17,20,28H,3-6,11,13-15H2,1-2H3. The van der Waals surface area contributed by atoms with E-state index in [1.54, 1.807) is 6.20 Å². The van der Waals surface area contributed by atoms with Crippen LogP contribution < -0.4 is 9.47 Å². The van der Waals surface area contributed by atoms with Crippen molar-refractivity contribution >= 4 is 11.6 Å². The van der Waals surface area contributed by atoms with Crippen molar-refractivity contribution in [2.75, 3.05) is 26.3 Å². The molecule has 1 saturated heterocycles. The summed E-state index contributed by atoms with van der Waals surface area (Å²) >= 11 is 6.03. The lowest BCUT2D eigenvalue weighted by Crippen LogP contribution is -2.43. The molecule has 162 valence electrons. The molecule has 1 N–H and O–H groups in total. The van der Waals surface area contributed by atoms with Crippen LogP contribution in [0, 0.1) is 11.8 Å². The molecule has 3 atom stereocenters. The number of ether oxygens (including phenoxy) is 2. The quantitative estimate of drug-likeness (QED) is 0.713. The third-order valence-electron chi connectivity index (χ3n) is 6.33. The zero-order valence-electron chi connectivity index (χ0n) is 17.7. The molecule has 6 nitrogen and oxygen atoms in total. The number of hydrogen-bond donors (Lipinski definition) is 1. The van der Waals surface area contributed by atoms with Crippen molar-refractivity contribution < 1.29 is 14.6 Å². The molecule has 1 saturated carbocycles. The van der Waals surface area contributed by atoms with Gasteiger partial charge in [0.05, 0.1) is 18.8 Å². The maximum atomic E-state index is 11.9. The van der Waals surface area contributed by atoms with E-state index in [-0.39, 0.29) is 11.9 Å². The highest BCUT2D eigenvalue weighted by atomic mass is 35.5. The highest BCUT2D eigenvalue weighted by Crippen LogP contribution is 2.50. The van der Waals surface area contributed by atoms with Gasteiger partial charge in [-0.05, 0) is 56.7 Å². The molecule has 0 amide bonds. The molecule has 1 aromatic heterocycles. The second-order valence-corrected chi connectivity index (χ2v) is 8.68. The van der Waals surface area contributed by atoms with Crippen LogP contribution in [-0.4, -0.2) is 46.3 Å². The number of likely N-dealkylation sites (tertiary alicyclic amines) is 1. The lowest BCUT2D eigenvalue weighted by Gasteiger charge is -2.41. The van der Waals surface area contributed by atoms with Crippen LogP contribution in [0.1, 0.15) is 44.2 Å². The molecule has 30 heavy (non-hydrogen) atoms. The summed E-state index contributed by atoms with van der Waals surface area (Å²) in [6, 6.07) is 8.30. The number of benzene rings is 1. The zero-order valence-corrected chi connectivity index (χ0v) is 18.4. The summed E-state index contributed by atoms with van der Waals surface area (Å²) in [4.78, 5) is 11.2. The number of aliphatic hydroxyl groups is 1. The van der Waals surface area contributed by atoms with Crippen molar-refractivity contribution in [2.24, 2.45) is 11.8 Å². The van der Waals surface area contributed by atoms with E-state index in [9.17, 15) is 5.11 Å². The Bertz CT molecular complexity index is 863. The molecule has 2 aliphatic rings. The number of aromatic nitrogens is 2. The second-order valence-electron chi connectivity index (χ2n) is 8.24. The minimum absolute atomic E-state index is 0.124. The van der Waals surface area contributed by atoms with Crippen LogP contribution in [0.5, 0.6) is 11.9 Å². The summed E-state index contributed by atoms with van der Waals surface area (Å²) < 4.78 is 11.3. The number of fused-ring (bicyclic) bond motifs is 1. The Labute approximate surface area is 183 Å². The molecule has 0 bridgehead atoms. The molecule has 2 aromatic rings. The SMILES string of the molecule is CCOc1ncc(C2(O)CCCC3CN(Cc4ccc(Cl)cc4)CC32)c(OCC)n1. The van der Waals surface area contributed by atoms with Gasteiger partial charge in [0.2, 0.25) is 5.88 Å². The zero-order chi connectivity index (χ0) is 21.1. The number of rotatable bonds is 7. The molecule has 2 fully saturated rings. The summed E-state index contributed by atoms with van der Waals surface area (Å²) in [5.74, 6) is 1.01. The summed E-state index contributed by atoms with van der Waals surface area (Å²) in [7, 11) is 0. The number of halogens is 1. The summed E-state index contributed by atoms with van der Waals surface area (Å²) in [6.07, 6.45) is 4.50. The van der Waals surface area contributed by atoms with E-state index in [1.165, 1.54) is 5.56 Å². The molecule has 0 radical (unpaired) electrons. The van der Waals surface area contributed by atoms with E-state index < -0.39 is 5.60 Å². The lowest BCUT2D eigenvalue weighted by atomic mass is 9.68. The molecule has 1 aliphatic heterocycles. The Kier molecular flexibility index (Phi) is 6.46. The summed E-state index contributed by atoms with van der Waals surface area (Å²) in [5, 5.41) is 12.7. The van der Waals surface area contributed by atoms with E-state index in [0.717, 1.165) is 37.5 Å². The molecule has 3 unspecified atom stereocenters. The van der Waals surface area contributed by atoms with E-state index in [4.69, 9.17) is 21.1 Å². The van der Waals surface area contributed by atoms with Crippen molar-refractivity contribution in [3.8, 4) is 11.9 Å². The summed E-state index contributed by atoms with van der Waals surface area (Å²) in [6.45, 7) is 7.45. The number of nitrogens with zero attached hydrogens (tertiary/aromatic N) is 3. The fraction of sp³-hybridized carbons (Fsp3) is 0.565. The van der Waals surface area contributed by atoms with Gasteiger partial charge in [-0.2, -0.15) is 4.98 Å². The first-order valence-corrected chi connectivity index (χ1v) is 11.2. The van der Waals surface area contributed by atoms with Gasteiger partial charge in [0, 0.05) is 36.8 Å². The molecule has 1 aliphatic carbocycles. The summed E-state index contributed by atoms with van der Waals surface area (Å²) in [5.41, 5.74) is 0.934. The first-order valence-electron chi connectivity index (χ1n) is 10.9. The smallest absolute Gasteiger partial charge is 0.319 e. The third-order valence-corrected chi connectivity index (χ3v) is 6.59. The van der Waals surface area contributed by atoms with Gasteiger partial charge in [0.15, 0.2) is 0 Å². The van der Waals surface area contributed by atoms with Crippen LogP contribution in [0.4, 0.5) is 0 Å². The van der Waals surface area contributed by atoms with Crippen LogP contribution in [0.25, 0.3) is 0 Å². The average Bonchev–Trinajstić information content (AvgIpc) is 3.15. The van der Waals surface area contributed by atoms with E-state index in [1.807, 2.05) is 26.0 Å². The van der Waals surface area contributed by atoms with Crippen molar-refractivity contribution in [2.45, 2.75) is 45.3 Å². The van der Waals surface area contributed by atoms with Crippen molar-refractivity contribution in [3.05, 3.63) is 46.6 Å². The van der Waals surface area contributed by atoms with Crippen LogP contribution in [0.3, 0.4) is 0 Å². The monoisotopic (exact) mass is 431 g/mol. The van der Waals surface area contributed by atoms with Crippen molar-refractivity contribution in [1.29, 1.82) is 0 Å². The van der Waals surface area contributed by atoms with Crippen LogP contribution in [0.2, 0.25) is 5.02 Å². The van der Waals surface area contributed by atoms with E-state index >= 15 is 0 Å². The molecule has 0 spiro atoms. The molecule has 7 heteroatoms.